The van der Waals surface area contributed by atoms with E-state index in [-0.39, 0.29) is 61.7 Å². The van der Waals surface area contributed by atoms with Crippen molar-refractivity contribution in [3.8, 4) is 5.75 Å². The number of piperidine rings is 1. The number of nitrogens with one attached hydrogen (secondary N) is 4. The molecule has 0 radical (unpaired) electrons. The lowest BCUT2D eigenvalue weighted by molar-refractivity contribution is -0.142. The van der Waals surface area contributed by atoms with Crippen LogP contribution in [0, 0.1) is 10.8 Å². The number of likely N-dealkylation sites (tertiary alicyclic amines) is 1. The molecular weight excluding hydrogens is 600 g/mol. The SMILES string of the molecule is COC(=O)CCC(=O)NC(CCOc1ccccc1)C(=O)NCC(=O)N1[C@H]2C[C@@]2(C)C[C@H]1C(=O)NC(C)c1cc(C(=N)N)cs1. The van der Waals surface area contributed by atoms with Gasteiger partial charge in [0.1, 0.15) is 23.7 Å². The molecule has 45 heavy (non-hydrogen) atoms. The van der Waals surface area contributed by atoms with Crippen LogP contribution in [0.5, 0.6) is 5.75 Å². The average molecular weight is 641 g/mol. The fraction of sp³-hybridized carbons (Fsp3) is 0.484. The molecule has 1 saturated carbocycles. The van der Waals surface area contributed by atoms with E-state index in [1.165, 1.54) is 18.4 Å². The predicted octanol–water partition coefficient (Wildman–Crippen LogP) is 1.61. The van der Waals surface area contributed by atoms with E-state index in [4.69, 9.17) is 15.9 Å². The molecule has 13 nitrogen and oxygen atoms in total. The van der Waals surface area contributed by atoms with Crippen LogP contribution in [0.2, 0.25) is 0 Å². The summed E-state index contributed by atoms with van der Waals surface area (Å²) in [5.41, 5.74) is 5.99. The van der Waals surface area contributed by atoms with Crippen LogP contribution < -0.4 is 26.4 Å². The Kier molecular flexibility index (Phi) is 10.8. The number of nitrogen functional groups attached to an aromatic ring is 1. The number of methoxy groups -OCH3 is 1. The maximum atomic E-state index is 13.5. The number of thiophene rings is 1. The Morgan fingerprint density at radius 3 is 2.53 bits per heavy atom. The summed E-state index contributed by atoms with van der Waals surface area (Å²) in [6.07, 6.45) is 1.08. The maximum absolute atomic E-state index is 13.5. The molecule has 1 aliphatic heterocycles. The van der Waals surface area contributed by atoms with Gasteiger partial charge in [0, 0.05) is 34.7 Å². The number of amides is 4. The molecule has 2 aliphatic rings. The maximum Gasteiger partial charge on any atom is 0.306 e. The van der Waals surface area contributed by atoms with Gasteiger partial charge < -0.3 is 36.1 Å². The summed E-state index contributed by atoms with van der Waals surface area (Å²) in [5.74, 6) is -1.79. The van der Waals surface area contributed by atoms with Crippen LogP contribution in [0.15, 0.2) is 41.8 Å². The molecule has 2 fully saturated rings. The number of hydrogen-bond donors (Lipinski definition) is 5. The van der Waals surface area contributed by atoms with Crippen molar-refractivity contribution in [2.75, 3.05) is 20.3 Å². The highest BCUT2D eigenvalue weighted by Gasteiger charge is 2.64. The smallest absolute Gasteiger partial charge is 0.306 e. The first kappa shape index (κ1) is 33.4. The molecule has 1 aromatic heterocycles. The number of ether oxygens (including phenoxy) is 2. The van der Waals surface area contributed by atoms with E-state index in [0.29, 0.717) is 17.7 Å². The first-order chi connectivity index (χ1) is 21.4. The Morgan fingerprint density at radius 1 is 1.13 bits per heavy atom. The monoisotopic (exact) mass is 640 g/mol. The highest BCUT2D eigenvalue weighted by atomic mass is 32.1. The Labute approximate surface area is 265 Å². The van der Waals surface area contributed by atoms with Gasteiger partial charge in [0.2, 0.25) is 23.6 Å². The molecule has 242 valence electrons. The second kappa shape index (κ2) is 14.5. The molecule has 6 N–H and O–H groups in total. The molecule has 1 aliphatic carbocycles. The highest BCUT2D eigenvalue weighted by molar-refractivity contribution is 7.10. The standard InChI is InChI=1S/C31H40N6O7S/c1-18(23-13-19(17-45-23)28(32)33)35-30(42)22-14-31(2)15-24(31)37(22)26(39)16-34-29(41)21(36-25(38)9-10-27(40)43-3)11-12-44-20-7-5-4-6-8-20/h4-8,13,17-18,21-22,24H,9-12,14-16H2,1-3H3,(H3,32,33)(H,34,41)(H,35,42)(H,36,38)/t18?,21?,22-,24-,31+/m0/s1. The van der Waals surface area contributed by atoms with Crippen molar-refractivity contribution in [2.45, 2.75) is 70.1 Å². The molecule has 14 heteroatoms. The van der Waals surface area contributed by atoms with Gasteiger partial charge in [0.15, 0.2) is 0 Å². The van der Waals surface area contributed by atoms with Crippen molar-refractivity contribution in [1.82, 2.24) is 20.9 Å². The predicted molar refractivity (Wildman–Crippen MR) is 166 cm³/mol. The zero-order chi connectivity index (χ0) is 32.7. The molecule has 0 spiro atoms. The highest BCUT2D eigenvalue weighted by Crippen LogP contribution is 2.59. The quantitative estimate of drug-likeness (QED) is 0.110. The van der Waals surface area contributed by atoms with Crippen LogP contribution >= 0.6 is 11.3 Å². The second-order valence-electron chi connectivity index (χ2n) is 11.6. The normalized spacial score (nSPS) is 21.1. The minimum Gasteiger partial charge on any atom is -0.494 e. The van der Waals surface area contributed by atoms with Crippen LogP contribution in [-0.4, -0.2) is 78.7 Å². The van der Waals surface area contributed by atoms with Gasteiger partial charge in [-0.2, -0.15) is 0 Å². The van der Waals surface area contributed by atoms with Crippen LogP contribution in [0.4, 0.5) is 0 Å². The average Bonchev–Trinajstić information content (AvgIpc) is 3.33. The summed E-state index contributed by atoms with van der Waals surface area (Å²) in [6, 6.07) is 8.58. The van der Waals surface area contributed by atoms with Crippen LogP contribution in [0.3, 0.4) is 0 Å². The van der Waals surface area contributed by atoms with Gasteiger partial charge in [0.25, 0.3) is 0 Å². The van der Waals surface area contributed by atoms with Crippen LogP contribution in [-0.2, 0) is 28.7 Å². The molecular formula is C31H40N6O7S. The largest absolute Gasteiger partial charge is 0.494 e. The molecule has 2 aromatic rings. The number of nitrogens with two attached hydrogens (primary N) is 1. The van der Waals surface area contributed by atoms with Crippen molar-refractivity contribution in [2.24, 2.45) is 11.1 Å². The number of esters is 1. The van der Waals surface area contributed by atoms with E-state index < -0.39 is 35.8 Å². The number of nitrogens with zero attached hydrogens (tertiary/aromatic N) is 1. The minimum absolute atomic E-state index is 0.0506. The van der Waals surface area contributed by atoms with E-state index in [0.717, 1.165) is 11.3 Å². The summed E-state index contributed by atoms with van der Waals surface area (Å²) >= 11 is 1.39. The summed E-state index contributed by atoms with van der Waals surface area (Å²) in [4.78, 5) is 66.4. The number of hydrogen-bond acceptors (Lipinski definition) is 9. The zero-order valence-corrected chi connectivity index (χ0v) is 26.4. The third-order valence-corrected chi connectivity index (χ3v) is 9.33. The lowest BCUT2D eigenvalue weighted by Crippen LogP contribution is -2.53. The fourth-order valence-corrected chi connectivity index (χ4v) is 6.42. The molecule has 0 bridgehead atoms. The van der Waals surface area contributed by atoms with Gasteiger partial charge in [-0.1, -0.05) is 25.1 Å². The van der Waals surface area contributed by atoms with Gasteiger partial charge in [-0.05, 0) is 43.4 Å². The summed E-state index contributed by atoms with van der Waals surface area (Å²) in [6.45, 7) is 3.63. The Bertz CT molecular complexity index is 1430. The van der Waals surface area contributed by atoms with E-state index in [9.17, 15) is 24.0 Å². The lowest BCUT2D eigenvalue weighted by atomic mass is 10.0. The summed E-state index contributed by atoms with van der Waals surface area (Å²) < 4.78 is 10.3. The third-order valence-electron chi connectivity index (χ3n) is 8.21. The van der Waals surface area contributed by atoms with E-state index in [2.05, 4.69) is 20.7 Å². The topological polar surface area (TPSA) is 193 Å². The molecule has 4 rings (SSSR count). The van der Waals surface area contributed by atoms with Crippen molar-refractivity contribution < 1.29 is 33.4 Å². The van der Waals surface area contributed by atoms with Gasteiger partial charge >= 0.3 is 5.97 Å². The van der Waals surface area contributed by atoms with E-state index in [1.807, 2.05) is 32.0 Å². The van der Waals surface area contributed by atoms with Crippen molar-refractivity contribution in [3.05, 3.63) is 52.2 Å². The number of rotatable bonds is 15. The van der Waals surface area contributed by atoms with Crippen molar-refractivity contribution in [3.63, 3.8) is 0 Å². The number of carbonyl (C=O) groups excluding carboxylic acids is 5. The molecule has 2 unspecified atom stereocenters. The molecule has 1 aromatic carbocycles. The van der Waals surface area contributed by atoms with E-state index >= 15 is 0 Å². The number of carbonyl (C=O) groups is 5. The van der Waals surface area contributed by atoms with Crippen LogP contribution in [0.1, 0.15) is 62.4 Å². The Morgan fingerprint density at radius 2 is 1.87 bits per heavy atom. The molecule has 5 atom stereocenters. The third kappa shape index (κ3) is 8.59. The van der Waals surface area contributed by atoms with Crippen LogP contribution in [0.25, 0.3) is 0 Å². The number of amidine groups is 1. The van der Waals surface area contributed by atoms with Gasteiger partial charge in [0.05, 0.1) is 32.7 Å². The Balaban J connectivity index is 1.36. The molecule has 1 saturated heterocycles. The fourth-order valence-electron chi connectivity index (χ4n) is 5.50. The van der Waals surface area contributed by atoms with Gasteiger partial charge in [-0.3, -0.25) is 29.4 Å². The Hall–Kier alpha value is -4.46. The first-order valence-electron chi connectivity index (χ1n) is 14.8. The number of fused-ring (bicyclic) bond motifs is 1. The summed E-state index contributed by atoms with van der Waals surface area (Å²) in [5, 5.41) is 17.6. The molecule has 2 heterocycles. The summed E-state index contributed by atoms with van der Waals surface area (Å²) in [7, 11) is 1.22. The lowest BCUT2D eigenvalue weighted by Gasteiger charge is -2.28. The van der Waals surface area contributed by atoms with Crippen molar-refractivity contribution in [1.29, 1.82) is 5.41 Å². The van der Waals surface area contributed by atoms with Crippen molar-refractivity contribution >= 4 is 46.8 Å². The zero-order valence-electron chi connectivity index (χ0n) is 25.6. The first-order valence-corrected chi connectivity index (χ1v) is 15.7. The van der Waals surface area contributed by atoms with Gasteiger partial charge in [-0.15, -0.1) is 11.3 Å². The van der Waals surface area contributed by atoms with E-state index in [1.54, 1.807) is 28.5 Å². The van der Waals surface area contributed by atoms with Gasteiger partial charge in [-0.25, -0.2) is 0 Å². The minimum atomic E-state index is -1.03. The number of benzene rings is 1. The second-order valence-corrected chi connectivity index (χ2v) is 12.6. The number of para-hydroxylation sites is 1. The molecule has 4 amide bonds.